The maximum absolute atomic E-state index is 13.0. The van der Waals surface area contributed by atoms with E-state index in [0.29, 0.717) is 45.7 Å². The van der Waals surface area contributed by atoms with E-state index < -0.39 is 11.2 Å². The number of amides is 1. The van der Waals surface area contributed by atoms with Crippen LogP contribution in [0.3, 0.4) is 0 Å². The number of anilines is 1. The maximum Gasteiger partial charge on any atom is 0.262 e. The van der Waals surface area contributed by atoms with Gasteiger partial charge in [-0.05, 0) is 64.4 Å². The molecule has 0 saturated heterocycles. The van der Waals surface area contributed by atoms with Crippen LogP contribution in [-0.2, 0) is 21.7 Å². The Hall–Kier alpha value is -3.82. The fourth-order valence-corrected chi connectivity index (χ4v) is 3.53. The lowest BCUT2D eigenvalue weighted by atomic mass is 10.0. The van der Waals surface area contributed by atoms with Gasteiger partial charge in [0.05, 0.1) is 16.3 Å². The van der Waals surface area contributed by atoms with Crippen LogP contribution in [-0.4, -0.2) is 31.3 Å². The summed E-state index contributed by atoms with van der Waals surface area (Å²) in [6.07, 6.45) is 7.02. The van der Waals surface area contributed by atoms with Gasteiger partial charge >= 0.3 is 0 Å². The highest BCUT2D eigenvalue weighted by Gasteiger charge is 2.22. The minimum absolute atomic E-state index is 0.150. The van der Waals surface area contributed by atoms with Crippen molar-refractivity contribution in [3.63, 3.8) is 0 Å². The molecule has 3 aromatic heterocycles. The molecule has 0 unspecified atom stereocenters. The average Bonchev–Trinajstić information content (AvgIpc) is 2.83. The summed E-state index contributed by atoms with van der Waals surface area (Å²) in [7, 11) is 0. The second-order valence-electron chi connectivity index (χ2n) is 8.65. The molecule has 3 aromatic rings. The van der Waals surface area contributed by atoms with Gasteiger partial charge in [-0.1, -0.05) is 11.6 Å². The molecular weight excluding hydrogens is 482 g/mol. The van der Waals surface area contributed by atoms with Crippen molar-refractivity contribution in [1.29, 1.82) is 0 Å². The van der Waals surface area contributed by atoms with Crippen molar-refractivity contribution in [2.75, 3.05) is 4.90 Å². The quantitative estimate of drug-likeness (QED) is 0.262. The lowest BCUT2D eigenvalue weighted by molar-refractivity contribution is -0.107. The van der Waals surface area contributed by atoms with Crippen molar-refractivity contribution >= 4 is 23.7 Å². The highest BCUT2D eigenvalue weighted by Crippen LogP contribution is 2.26. The molecule has 9 nitrogen and oxygen atoms in total. The number of pyridine rings is 2. The number of rotatable bonds is 9. The number of carbonyl (C=O) groups excluding carboxylic acids is 1. The van der Waals surface area contributed by atoms with E-state index in [1.165, 1.54) is 9.47 Å². The van der Waals surface area contributed by atoms with E-state index in [2.05, 4.69) is 15.2 Å². The van der Waals surface area contributed by atoms with Gasteiger partial charge in [0.2, 0.25) is 6.41 Å². The number of allylic oxidation sites excluding steroid dienone is 3. The van der Waals surface area contributed by atoms with Crippen LogP contribution in [0.1, 0.15) is 44.5 Å². The first-order valence-electron chi connectivity index (χ1n) is 11.1. The third-order valence-corrected chi connectivity index (χ3v) is 5.53. The molecule has 0 aliphatic heterocycles. The number of halogens is 1. The topological polar surface area (TPSA) is 110 Å². The molecule has 0 aromatic carbocycles. The number of ether oxygens (including phenoxy) is 1. The summed E-state index contributed by atoms with van der Waals surface area (Å²) < 4.78 is 7.15. The van der Waals surface area contributed by atoms with Gasteiger partial charge in [0.1, 0.15) is 23.9 Å². The summed E-state index contributed by atoms with van der Waals surface area (Å²) in [5.74, 6) is 0.669. The predicted molar refractivity (Wildman–Crippen MR) is 137 cm³/mol. The van der Waals surface area contributed by atoms with Crippen molar-refractivity contribution in [2.45, 2.75) is 46.8 Å². The van der Waals surface area contributed by atoms with Gasteiger partial charge in [-0.25, -0.2) is 4.98 Å². The summed E-state index contributed by atoms with van der Waals surface area (Å²) in [6, 6.07) is 8.40. The Labute approximate surface area is 214 Å². The van der Waals surface area contributed by atoms with Crippen LogP contribution in [0, 0.1) is 6.92 Å². The summed E-state index contributed by atoms with van der Waals surface area (Å²) in [5.41, 5.74) is 0.873. The number of carbonyl (C=O) groups is 1. The van der Waals surface area contributed by atoms with Gasteiger partial charge < -0.3 is 9.84 Å². The van der Waals surface area contributed by atoms with Crippen LogP contribution >= 0.6 is 11.6 Å². The van der Waals surface area contributed by atoms with E-state index in [1.807, 2.05) is 0 Å². The molecule has 0 aliphatic carbocycles. The van der Waals surface area contributed by atoms with Gasteiger partial charge in [-0.2, -0.15) is 10.2 Å². The molecule has 0 aliphatic rings. The van der Waals surface area contributed by atoms with Crippen LogP contribution in [0.2, 0.25) is 0 Å². The molecule has 3 heterocycles. The Bertz CT molecular complexity index is 1360. The van der Waals surface area contributed by atoms with E-state index in [4.69, 9.17) is 16.3 Å². The molecule has 188 valence electrons. The van der Waals surface area contributed by atoms with Crippen molar-refractivity contribution < 1.29 is 14.6 Å². The summed E-state index contributed by atoms with van der Waals surface area (Å²) in [6.45, 7) is 8.46. The molecule has 10 heteroatoms. The Morgan fingerprint density at radius 1 is 1.28 bits per heavy atom. The van der Waals surface area contributed by atoms with Gasteiger partial charge in [-0.15, -0.1) is 0 Å². The molecule has 0 fully saturated rings. The second kappa shape index (κ2) is 11.3. The van der Waals surface area contributed by atoms with Gasteiger partial charge in [0, 0.05) is 42.0 Å². The van der Waals surface area contributed by atoms with Crippen LogP contribution in [0.5, 0.6) is 0 Å². The van der Waals surface area contributed by atoms with Gasteiger partial charge in [0.15, 0.2) is 0 Å². The minimum Gasteiger partial charge on any atom is -0.486 e. The van der Waals surface area contributed by atoms with Crippen LogP contribution in [0.15, 0.2) is 76.3 Å². The first kappa shape index (κ1) is 26.8. The number of hydrogen-bond acceptors (Lipinski definition) is 7. The minimum atomic E-state index is -1.32. The molecule has 0 radical (unpaired) electrons. The Kier molecular flexibility index (Phi) is 8.39. The molecule has 0 bridgehead atoms. The summed E-state index contributed by atoms with van der Waals surface area (Å²) in [4.78, 5) is 31.0. The number of hydrogen-bond donors (Lipinski definition) is 1. The maximum atomic E-state index is 13.0. The normalized spacial score (nSPS) is 12.7. The number of aromatic nitrogens is 4. The lowest BCUT2D eigenvalue weighted by Crippen LogP contribution is -2.31. The molecule has 3 rings (SSSR count). The molecular formula is C26H28ClN5O4. The molecule has 0 atom stereocenters. The van der Waals surface area contributed by atoms with E-state index in [0.717, 1.165) is 0 Å². The summed E-state index contributed by atoms with van der Waals surface area (Å²) >= 11 is 6.25. The Morgan fingerprint density at radius 2 is 2.03 bits per heavy atom. The largest absolute Gasteiger partial charge is 0.486 e. The van der Waals surface area contributed by atoms with Gasteiger partial charge in [-0.3, -0.25) is 19.1 Å². The molecule has 1 amide bonds. The highest BCUT2D eigenvalue weighted by atomic mass is 35.5. The Balaban J connectivity index is 1.98. The van der Waals surface area contributed by atoms with E-state index in [1.54, 1.807) is 89.6 Å². The first-order chi connectivity index (χ1) is 17.0. The standard InChI is InChI=1S/C26H28ClN5O4/c1-17-14-28-24(31-11-7-9-21(25(31)34)26(4,5)35)13-22(17)32(16-33)18(2)12-23(19(3)27)36-15-20-8-6-10-29-30-20/h6-14,16,35H,15H2,1-5H3/b18-12-,23-19-. The fraction of sp³-hybridized carbons (Fsp3) is 0.269. The zero-order valence-electron chi connectivity index (χ0n) is 20.8. The van der Waals surface area contributed by atoms with Gasteiger partial charge in [0.25, 0.3) is 5.56 Å². The molecule has 1 N–H and O–H groups in total. The van der Waals surface area contributed by atoms with Crippen LogP contribution in [0.25, 0.3) is 5.82 Å². The monoisotopic (exact) mass is 509 g/mol. The Morgan fingerprint density at radius 3 is 2.64 bits per heavy atom. The van der Waals surface area contributed by atoms with Crippen molar-refractivity contribution in [3.05, 3.63) is 98.7 Å². The first-order valence-corrected chi connectivity index (χ1v) is 11.5. The second-order valence-corrected chi connectivity index (χ2v) is 9.21. The molecule has 36 heavy (non-hydrogen) atoms. The number of aryl methyl sites for hydroxylation is 1. The smallest absolute Gasteiger partial charge is 0.262 e. The average molecular weight is 510 g/mol. The van der Waals surface area contributed by atoms with Crippen LogP contribution in [0.4, 0.5) is 5.69 Å². The van der Waals surface area contributed by atoms with Crippen molar-refractivity contribution in [1.82, 2.24) is 19.7 Å². The fourth-order valence-electron chi connectivity index (χ4n) is 3.43. The summed E-state index contributed by atoms with van der Waals surface area (Å²) in [5, 5.41) is 18.6. The molecule has 0 saturated carbocycles. The van der Waals surface area contributed by atoms with E-state index in [9.17, 15) is 14.7 Å². The van der Waals surface area contributed by atoms with E-state index >= 15 is 0 Å². The zero-order valence-corrected chi connectivity index (χ0v) is 21.5. The SMILES string of the molecule is C/C(=C/C(OCc1cccnn1)=C(\C)Cl)N(C=O)c1cc(-n2cccc(C(C)(C)O)c2=O)ncc1C. The number of aliphatic hydroxyl groups is 1. The highest BCUT2D eigenvalue weighted by molar-refractivity contribution is 6.29. The van der Waals surface area contributed by atoms with Crippen molar-refractivity contribution in [3.8, 4) is 5.82 Å². The molecule has 0 spiro atoms. The van der Waals surface area contributed by atoms with E-state index in [-0.39, 0.29) is 12.2 Å². The third kappa shape index (κ3) is 6.24. The van der Waals surface area contributed by atoms with Crippen LogP contribution < -0.4 is 10.5 Å². The van der Waals surface area contributed by atoms with Crippen molar-refractivity contribution in [2.24, 2.45) is 0 Å². The number of nitrogens with zero attached hydrogens (tertiary/aromatic N) is 5. The zero-order chi connectivity index (χ0) is 26.5. The lowest BCUT2D eigenvalue weighted by Gasteiger charge is -2.22. The third-order valence-electron chi connectivity index (χ3n) is 5.34. The predicted octanol–water partition coefficient (Wildman–Crippen LogP) is 4.11.